The molecule has 0 spiro atoms. The number of hydrogen-bond donors (Lipinski definition) is 3. The number of aromatic hydroxyl groups is 1. The summed E-state index contributed by atoms with van der Waals surface area (Å²) in [7, 11) is 0. The van der Waals surface area contributed by atoms with Crippen LogP contribution in [0.5, 0.6) is 5.75 Å². The SMILES string of the molecule is Cc1cc(N[C@@H]2CCCN(CC(=O)N3CC[C@H](O)C3)C2)nnc1-c1ccc(C(F)(F)F)cc1O. The van der Waals surface area contributed by atoms with Gasteiger partial charge in [0.05, 0.1) is 23.9 Å². The fraction of sp³-hybridized carbons (Fsp3) is 0.522. The van der Waals surface area contributed by atoms with Crippen molar-refractivity contribution in [3.8, 4) is 17.0 Å². The third-order valence-electron chi connectivity index (χ3n) is 6.30. The van der Waals surface area contributed by atoms with Crippen LogP contribution >= 0.6 is 0 Å². The zero-order valence-corrected chi connectivity index (χ0v) is 18.8. The number of alkyl halides is 3. The minimum Gasteiger partial charge on any atom is -0.507 e. The lowest BCUT2D eigenvalue weighted by Crippen LogP contribution is -2.47. The van der Waals surface area contributed by atoms with Gasteiger partial charge in [-0.05, 0) is 62.6 Å². The number of nitrogens with one attached hydrogen (secondary N) is 1. The number of benzene rings is 1. The summed E-state index contributed by atoms with van der Waals surface area (Å²) in [5.74, 6) is 0.0353. The van der Waals surface area contributed by atoms with Gasteiger partial charge >= 0.3 is 6.18 Å². The minimum atomic E-state index is -4.54. The number of aryl methyl sites for hydroxylation is 1. The average molecular weight is 480 g/mol. The molecular weight excluding hydrogens is 451 g/mol. The van der Waals surface area contributed by atoms with Gasteiger partial charge in [0.2, 0.25) is 5.91 Å². The van der Waals surface area contributed by atoms with E-state index in [0.717, 1.165) is 25.5 Å². The molecule has 184 valence electrons. The number of carbonyl (C=O) groups excluding carboxylic acids is 1. The highest BCUT2D eigenvalue weighted by molar-refractivity contribution is 5.78. The number of aliphatic hydroxyl groups is 1. The first-order valence-corrected chi connectivity index (χ1v) is 11.3. The van der Waals surface area contributed by atoms with Gasteiger partial charge in [-0.2, -0.15) is 13.2 Å². The van der Waals surface area contributed by atoms with E-state index in [0.29, 0.717) is 55.7 Å². The van der Waals surface area contributed by atoms with Crippen LogP contribution in [0.25, 0.3) is 11.3 Å². The monoisotopic (exact) mass is 479 g/mol. The van der Waals surface area contributed by atoms with Crippen LogP contribution in [0, 0.1) is 6.92 Å². The number of β-amino-alcohol motifs (C(OH)–C–C–N with tert-alkyl or cyclic N) is 1. The Kier molecular flexibility index (Phi) is 6.94. The zero-order valence-electron chi connectivity index (χ0n) is 18.8. The molecule has 1 amide bonds. The molecule has 8 nitrogen and oxygen atoms in total. The number of anilines is 1. The molecule has 0 aliphatic carbocycles. The minimum absolute atomic E-state index is 0.0218. The van der Waals surface area contributed by atoms with Crippen LogP contribution in [-0.2, 0) is 11.0 Å². The lowest BCUT2D eigenvalue weighted by atomic mass is 10.0. The Morgan fingerprint density at radius 2 is 1.97 bits per heavy atom. The van der Waals surface area contributed by atoms with Gasteiger partial charge < -0.3 is 20.4 Å². The molecule has 2 aliphatic heterocycles. The molecule has 1 aromatic carbocycles. The summed E-state index contributed by atoms with van der Waals surface area (Å²) in [4.78, 5) is 16.3. The zero-order chi connectivity index (χ0) is 24.5. The Bertz CT molecular complexity index is 1050. The smallest absolute Gasteiger partial charge is 0.416 e. The molecule has 2 saturated heterocycles. The topological polar surface area (TPSA) is 102 Å². The van der Waals surface area contributed by atoms with Crippen LogP contribution in [0.4, 0.5) is 19.0 Å². The molecule has 3 heterocycles. The highest BCUT2D eigenvalue weighted by Crippen LogP contribution is 2.36. The van der Waals surface area contributed by atoms with E-state index < -0.39 is 23.6 Å². The molecule has 2 fully saturated rings. The molecule has 2 aliphatic rings. The lowest BCUT2D eigenvalue weighted by molar-refractivity contribution is -0.137. The lowest BCUT2D eigenvalue weighted by Gasteiger charge is -2.33. The van der Waals surface area contributed by atoms with Gasteiger partial charge in [-0.15, -0.1) is 10.2 Å². The highest BCUT2D eigenvalue weighted by Gasteiger charge is 2.31. The van der Waals surface area contributed by atoms with E-state index in [2.05, 4.69) is 20.4 Å². The summed E-state index contributed by atoms with van der Waals surface area (Å²) >= 11 is 0. The van der Waals surface area contributed by atoms with Crippen LogP contribution in [0.2, 0.25) is 0 Å². The molecule has 2 aromatic rings. The maximum absolute atomic E-state index is 12.9. The van der Waals surface area contributed by atoms with Gasteiger partial charge in [0.1, 0.15) is 11.6 Å². The molecule has 1 aromatic heterocycles. The second-order valence-corrected chi connectivity index (χ2v) is 8.99. The van der Waals surface area contributed by atoms with E-state index in [1.807, 2.05) is 0 Å². The predicted octanol–water partition coefficient (Wildman–Crippen LogP) is 2.65. The summed E-state index contributed by atoms with van der Waals surface area (Å²) in [5.41, 5.74) is 0.210. The van der Waals surface area contributed by atoms with Gasteiger partial charge in [-0.1, -0.05) is 0 Å². The first-order valence-electron chi connectivity index (χ1n) is 11.3. The van der Waals surface area contributed by atoms with E-state index >= 15 is 0 Å². The number of hydrogen-bond acceptors (Lipinski definition) is 7. The third kappa shape index (κ3) is 5.58. The van der Waals surface area contributed by atoms with Crippen molar-refractivity contribution in [2.45, 2.75) is 44.5 Å². The Hall–Kier alpha value is -2.92. The number of aliphatic hydroxyl groups excluding tert-OH is 1. The van der Waals surface area contributed by atoms with Crippen molar-refractivity contribution in [2.24, 2.45) is 0 Å². The number of amides is 1. The molecule has 3 N–H and O–H groups in total. The van der Waals surface area contributed by atoms with E-state index in [9.17, 15) is 28.2 Å². The Morgan fingerprint density at radius 3 is 2.62 bits per heavy atom. The molecule has 2 atom stereocenters. The van der Waals surface area contributed by atoms with Gasteiger partial charge in [0.25, 0.3) is 0 Å². The van der Waals surface area contributed by atoms with Crippen molar-refractivity contribution in [1.29, 1.82) is 0 Å². The van der Waals surface area contributed by atoms with Crippen LogP contribution in [0.3, 0.4) is 0 Å². The Labute approximate surface area is 195 Å². The van der Waals surface area contributed by atoms with Crippen LogP contribution in [0.15, 0.2) is 24.3 Å². The maximum Gasteiger partial charge on any atom is 0.416 e. The van der Waals surface area contributed by atoms with Gasteiger partial charge in [-0.3, -0.25) is 9.69 Å². The number of phenolic OH excluding ortho intramolecular Hbond substituents is 1. The molecule has 34 heavy (non-hydrogen) atoms. The van der Waals surface area contributed by atoms with Gasteiger partial charge in [0, 0.05) is 31.2 Å². The fourth-order valence-electron chi connectivity index (χ4n) is 4.52. The molecule has 0 unspecified atom stereocenters. The molecule has 0 bridgehead atoms. The number of phenols is 1. The van der Waals surface area contributed by atoms with Crippen molar-refractivity contribution in [3.63, 3.8) is 0 Å². The van der Waals surface area contributed by atoms with Crippen LogP contribution < -0.4 is 5.32 Å². The second kappa shape index (κ2) is 9.75. The first kappa shape index (κ1) is 24.2. The summed E-state index contributed by atoms with van der Waals surface area (Å²) < 4.78 is 38.6. The van der Waals surface area contributed by atoms with Gasteiger partial charge in [-0.25, -0.2) is 0 Å². The number of rotatable bonds is 5. The van der Waals surface area contributed by atoms with Crippen molar-refractivity contribution in [3.05, 3.63) is 35.4 Å². The van der Waals surface area contributed by atoms with Crippen molar-refractivity contribution < 1.29 is 28.2 Å². The normalized spacial score (nSPS) is 21.6. The van der Waals surface area contributed by atoms with E-state index in [4.69, 9.17) is 0 Å². The summed E-state index contributed by atoms with van der Waals surface area (Å²) in [6, 6.07) is 4.59. The van der Waals surface area contributed by atoms with E-state index in [1.165, 1.54) is 6.07 Å². The van der Waals surface area contributed by atoms with Crippen molar-refractivity contribution >= 4 is 11.7 Å². The molecule has 0 radical (unpaired) electrons. The summed E-state index contributed by atoms with van der Waals surface area (Å²) in [6.45, 7) is 4.51. The highest BCUT2D eigenvalue weighted by atomic mass is 19.4. The Morgan fingerprint density at radius 1 is 1.18 bits per heavy atom. The molecule has 11 heteroatoms. The standard InChI is InChI=1S/C23H28F3N5O3/c1-14-9-20(28-29-22(14)18-5-4-15(10-19(18)33)23(24,25)26)27-16-3-2-7-30(11-16)13-21(34)31-8-6-17(32)12-31/h4-5,9-10,16-17,32-33H,2-3,6-8,11-13H2,1H3,(H,27,28)/t16-,17+/m1/s1. The van der Waals surface area contributed by atoms with E-state index in [1.54, 1.807) is 17.9 Å². The van der Waals surface area contributed by atoms with Crippen LogP contribution in [0.1, 0.15) is 30.4 Å². The second-order valence-electron chi connectivity index (χ2n) is 8.99. The fourth-order valence-corrected chi connectivity index (χ4v) is 4.52. The number of likely N-dealkylation sites (tertiary alicyclic amines) is 2. The Balaban J connectivity index is 1.39. The van der Waals surface area contributed by atoms with Crippen molar-refractivity contribution in [2.75, 3.05) is 38.0 Å². The third-order valence-corrected chi connectivity index (χ3v) is 6.30. The molecular formula is C23H28F3N5O3. The van der Waals surface area contributed by atoms with E-state index in [-0.39, 0.29) is 17.5 Å². The largest absolute Gasteiger partial charge is 0.507 e. The summed E-state index contributed by atoms with van der Waals surface area (Å²) in [6.07, 6.45) is -2.55. The van der Waals surface area contributed by atoms with Crippen molar-refractivity contribution in [1.82, 2.24) is 20.0 Å². The number of aromatic nitrogens is 2. The predicted molar refractivity (Wildman–Crippen MR) is 119 cm³/mol. The number of piperidine rings is 1. The molecule has 4 rings (SSSR count). The maximum atomic E-state index is 12.9. The van der Waals surface area contributed by atoms with Gasteiger partial charge in [0.15, 0.2) is 0 Å². The summed E-state index contributed by atoms with van der Waals surface area (Å²) in [5, 5.41) is 31.4. The quantitative estimate of drug-likeness (QED) is 0.606. The number of nitrogens with zero attached hydrogens (tertiary/aromatic N) is 4. The molecule has 0 saturated carbocycles. The number of carbonyl (C=O) groups is 1. The number of halogens is 3. The average Bonchev–Trinajstić information content (AvgIpc) is 3.20. The first-order chi connectivity index (χ1) is 16.1. The van der Waals surface area contributed by atoms with Crippen LogP contribution in [-0.4, -0.2) is 81.0 Å².